The predicted octanol–water partition coefficient (Wildman–Crippen LogP) is 3.26. The number of hydrogen-bond donors (Lipinski definition) is 1. The zero-order chi connectivity index (χ0) is 18.9. The van der Waals surface area contributed by atoms with E-state index in [9.17, 15) is 14.7 Å². The van der Waals surface area contributed by atoms with Gasteiger partial charge in [0.15, 0.2) is 0 Å². The number of rotatable bonds is 3. The number of amides is 1. The van der Waals surface area contributed by atoms with Crippen LogP contribution in [0.3, 0.4) is 0 Å². The lowest BCUT2D eigenvalue weighted by molar-refractivity contribution is 0.0156. The molecule has 0 fully saturated rings. The summed E-state index contributed by atoms with van der Waals surface area (Å²) in [6, 6.07) is 1.11. The lowest BCUT2D eigenvalue weighted by Gasteiger charge is -2.37. The Morgan fingerprint density at radius 1 is 1.24 bits per heavy atom. The molecule has 1 N–H and O–H groups in total. The van der Waals surface area contributed by atoms with E-state index in [2.05, 4.69) is 0 Å². The van der Waals surface area contributed by atoms with Gasteiger partial charge in [-0.2, -0.15) is 0 Å². The zero-order valence-electron chi connectivity index (χ0n) is 15.5. The van der Waals surface area contributed by atoms with Gasteiger partial charge in [-0.05, 0) is 40.2 Å². The highest BCUT2D eigenvalue weighted by molar-refractivity contribution is 5.92. The van der Waals surface area contributed by atoms with Gasteiger partial charge in [0.05, 0.1) is 20.3 Å². The first-order chi connectivity index (χ1) is 11.6. The van der Waals surface area contributed by atoms with E-state index < -0.39 is 17.7 Å². The normalized spacial score (nSPS) is 16.9. The second-order valence-electron chi connectivity index (χ2n) is 6.96. The number of methoxy groups -OCH3 is 2. The Kier molecular flexibility index (Phi) is 5.15. The minimum Gasteiger partial charge on any atom is -0.496 e. The molecule has 25 heavy (non-hydrogen) atoms. The fourth-order valence-corrected chi connectivity index (χ4v) is 3.13. The number of hydrogen-bond acceptors (Lipinski definition) is 5. The van der Waals surface area contributed by atoms with Crippen LogP contribution in [0.5, 0.6) is 11.5 Å². The van der Waals surface area contributed by atoms with Crippen molar-refractivity contribution in [3.63, 3.8) is 0 Å². The van der Waals surface area contributed by atoms with Gasteiger partial charge in [0.25, 0.3) is 0 Å². The van der Waals surface area contributed by atoms with Crippen molar-refractivity contribution in [3.8, 4) is 11.5 Å². The molecule has 138 valence electrons. The van der Waals surface area contributed by atoms with Gasteiger partial charge >= 0.3 is 12.1 Å². The minimum absolute atomic E-state index is 0.0519. The SMILES string of the molecule is COc1cc(C(=O)O)c(OC)c2c1C(C)N(C(=O)OC(C)(C)C)CC2. The Labute approximate surface area is 147 Å². The van der Waals surface area contributed by atoms with E-state index in [-0.39, 0.29) is 11.6 Å². The van der Waals surface area contributed by atoms with Crippen molar-refractivity contribution in [3.05, 3.63) is 22.8 Å². The quantitative estimate of drug-likeness (QED) is 0.900. The van der Waals surface area contributed by atoms with Crippen molar-refractivity contribution in [2.24, 2.45) is 0 Å². The van der Waals surface area contributed by atoms with E-state index in [1.807, 2.05) is 27.7 Å². The molecule has 1 heterocycles. The summed E-state index contributed by atoms with van der Waals surface area (Å²) in [6.45, 7) is 7.72. The Hall–Kier alpha value is -2.44. The third-order valence-electron chi connectivity index (χ3n) is 4.16. The first-order valence-corrected chi connectivity index (χ1v) is 8.11. The van der Waals surface area contributed by atoms with Crippen LogP contribution in [0.4, 0.5) is 4.79 Å². The van der Waals surface area contributed by atoms with Gasteiger partial charge in [0.2, 0.25) is 0 Å². The van der Waals surface area contributed by atoms with Crippen molar-refractivity contribution < 1.29 is 28.9 Å². The molecule has 0 aliphatic carbocycles. The molecule has 7 heteroatoms. The molecule has 1 aliphatic heterocycles. The van der Waals surface area contributed by atoms with Crippen LogP contribution < -0.4 is 9.47 Å². The summed E-state index contributed by atoms with van der Waals surface area (Å²) in [7, 11) is 2.92. The first kappa shape index (κ1) is 18.9. The largest absolute Gasteiger partial charge is 0.496 e. The number of aromatic carboxylic acids is 1. The molecule has 1 amide bonds. The molecule has 0 saturated heterocycles. The van der Waals surface area contributed by atoms with Crippen molar-refractivity contribution in [1.82, 2.24) is 4.90 Å². The van der Waals surface area contributed by atoms with Crippen molar-refractivity contribution >= 4 is 12.1 Å². The van der Waals surface area contributed by atoms with Gasteiger partial charge < -0.3 is 24.2 Å². The maximum absolute atomic E-state index is 12.5. The van der Waals surface area contributed by atoms with Gasteiger partial charge in [0, 0.05) is 17.7 Å². The lowest BCUT2D eigenvalue weighted by atomic mass is 9.89. The smallest absolute Gasteiger partial charge is 0.410 e. The van der Waals surface area contributed by atoms with Crippen LogP contribution in [0.2, 0.25) is 0 Å². The van der Waals surface area contributed by atoms with Gasteiger partial charge in [-0.25, -0.2) is 9.59 Å². The molecule has 0 saturated carbocycles. The standard InChI is InChI=1S/C18H25NO6/c1-10-14-11(7-8-19(10)17(22)25-18(2,3)4)15(24-6)12(16(20)21)9-13(14)23-5/h9-10H,7-8H2,1-6H3,(H,20,21). The highest BCUT2D eigenvalue weighted by Gasteiger charge is 2.36. The fourth-order valence-electron chi connectivity index (χ4n) is 3.13. The molecule has 0 radical (unpaired) electrons. The Bertz CT molecular complexity index is 692. The molecule has 2 rings (SSSR count). The molecule has 1 atom stereocenters. The number of ether oxygens (including phenoxy) is 3. The summed E-state index contributed by atoms with van der Waals surface area (Å²) in [5.74, 6) is -0.340. The molecule has 7 nitrogen and oxygen atoms in total. The van der Waals surface area contributed by atoms with Gasteiger partial charge in [-0.1, -0.05) is 0 Å². The molecule has 1 aliphatic rings. The van der Waals surface area contributed by atoms with Gasteiger partial charge in [-0.3, -0.25) is 0 Å². The van der Waals surface area contributed by atoms with E-state index in [0.29, 0.717) is 24.5 Å². The first-order valence-electron chi connectivity index (χ1n) is 8.11. The molecular formula is C18H25NO6. The summed E-state index contributed by atoms with van der Waals surface area (Å²) in [5.41, 5.74) is 0.968. The maximum atomic E-state index is 12.5. The van der Waals surface area contributed by atoms with Crippen LogP contribution in [0.15, 0.2) is 6.07 Å². The number of carbonyl (C=O) groups excluding carboxylic acids is 1. The van der Waals surface area contributed by atoms with E-state index >= 15 is 0 Å². The van der Waals surface area contributed by atoms with Crippen molar-refractivity contribution in [1.29, 1.82) is 0 Å². The highest BCUT2D eigenvalue weighted by Crippen LogP contribution is 2.43. The van der Waals surface area contributed by atoms with Crippen LogP contribution in [-0.2, 0) is 11.2 Å². The number of carboxylic acids is 1. The number of nitrogens with zero attached hydrogens (tertiary/aromatic N) is 1. The fraction of sp³-hybridized carbons (Fsp3) is 0.556. The summed E-state index contributed by atoms with van der Waals surface area (Å²) in [4.78, 5) is 25.6. The molecule has 1 aromatic carbocycles. The topological polar surface area (TPSA) is 85.3 Å². The Morgan fingerprint density at radius 2 is 1.88 bits per heavy atom. The van der Waals surface area contributed by atoms with Crippen molar-refractivity contribution in [2.75, 3.05) is 20.8 Å². The summed E-state index contributed by atoms with van der Waals surface area (Å²) in [5, 5.41) is 9.43. The number of carboxylic acid groups (broad SMARTS) is 1. The number of carbonyl (C=O) groups is 2. The highest BCUT2D eigenvalue weighted by atomic mass is 16.6. The molecule has 0 aromatic heterocycles. The molecule has 0 spiro atoms. The maximum Gasteiger partial charge on any atom is 0.410 e. The molecular weight excluding hydrogens is 326 g/mol. The van der Waals surface area contributed by atoms with E-state index in [0.717, 1.165) is 11.1 Å². The monoisotopic (exact) mass is 351 g/mol. The van der Waals surface area contributed by atoms with Crippen molar-refractivity contribution in [2.45, 2.75) is 45.8 Å². The third kappa shape index (κ3) is 3.65. The second-order valence-corrected chi connectivity index (χ2v) is 6.96. The number of fused-ring (bicyclic) bond motifs is 1. The van der Waals surface area contributed by atoms with Gasteiger partial charge in [-0.15, -0.1) is 0 Å². The zero-order valence-corrected chi connectivity index (χ0v) is 15.5. The second kappa shape index (κ2) is 6.82. The van der Waals surface area contributed by atoms with Crippen LogP contribution in [0.25, 0.3) is 0 Å². The van der Waals surface area contributed by atoms with E-state index in [1.165, 1.54) is 20.3 Å². The minimum atomic E-state index is -1.08. The van der Waals surface area contributed by atoms with Crippen LogP contribution in [-0.4, -0.2) is 48.4 Å². The van der Waals surface area contributed by atoms with E-state index in [1.54, 1.807) is 4.90 Å². The predicted molar refractivity (Wildman–Crippen MR) is 91.6 cm³/mol. The number of benzene rings is 1. The molecule has 1 aromatic rings. The average Bonchev–Trinajstić information content (AvgIpc) is 2.51. The summed E-state index contributed by atoms with van der Waals surface area (Å²) < 4.78 is 16.2. The third-order valence-corrected chi connectivity index (χ3v) is 4.16. The van der Waals surface area contributed by atoms with E-state index in [4.69, 9.17) is 14.2 Å². The Balaban J connectivity index is 2.51. The molecule has 0 bridgehead atoms. The Morgan fingerprint density at radius 3 is 2.36 bits per heavy atom. The average molecular weight is 351 g/mol. The molecule has 1 unspecified atom stereocenters. The lowest BCUT2D eigenvalue weighted by Crippen LogP contribution is -2.42. The van der Waals surface area contributed by atoms with Crippen LogP contribution in [0, 0.1) is 0 Å². The summed E-state index contributed by atoms with van der Waals surface area (Å²) in [6.07, 6.45) is 0.0496. The van der Waals surface area contributed by atoms with Crippen LogP contribution >= 0.6 is 0 Å². The van der Waals surface area contributed by atoms with Gasteiger partial charge in [0.1, 0.15) is 22.7 Å². The summed E-state index contributed by atoms with van der Waals surface area (Å²) >= 11 is 0. The van der Waals surface area contributed by atoms with Crippen LogP contribution in [0.1, 0.15) is 55.2 Å².